The van der Waals surface area contributed by atoms with Gasteiger partial charge in [0.25, 0.3) is 5.91 Å². The lowest BCUT2D eigenvalue weighted by atomic mass is 10.1. The summed E-state index contributed by atoms with van der Waals surface area (Å²) in [6.07, 6.45) is 0. The number of hydrogen-bond acceptors (Lipinski definition) is 4. The zero-order valence-corrected chi connectivity index (χ0v) is 14.6. The maximum atomic E-state index is 12.4. The van der Waals surface area contributed by atoms with Crippen LogP contribution in [0.4, 0.5) is 11.4 Å². The molecule has 0 aromatic heterocycles. The molecule has 0 fully saturated rings. The molecule has 0 spiro atoms. The lowest BCUT2D eigenvalue weighted by molar-refractivity contribution is -0.114. The minimum Gasteiger partial charge on any atom is -0.496 e. The van der Waals surface area contributed by atoms with Gasteiger partial charge in [0.05, 0.1) is 13.7 Å². The standard InChI is InChI=1S/C19H22N2O4/c1-4-25-12-15-11-14(5-10-18(15)24-3)19(23)21-17-8-6-16(7-9-17)20-13(2)22/h5-11H,4,12H2,1-3H3,(H,20,22)(H,21,23). The average Bonchev–Trinajstić information content (AvgIpc) is 2.60. The monoisotopic (exact) mass is 342 g/mol. The second-order valence-electron chi connectivity index (χ2n) is 5.38. The van der Waals surface area contributed by atoms with Crippen molar-refractivity contribution in [3.05, 3.63) is 53.6 Å². The molecule has 2 amide bonds. The molecular formula is C19H22N2O4. The van der Waals surface area contributed by atoms with Crippen molar-refractivity contribution in [2.45, 2.75) is 20.5 Å². The normalized spacial score (nSPS) is 10.2. The molecule has 0 saturated carbocycles. The van der Waals surface area contributed by atoms with E-state index < -0.39 is 0 Å². The number of hydrogen-bond donors (Lipinski definition) is 2. The summed E-state index contributed by atoms with van der Waals surface area (Å²) >= 11 is 0. The molecule has 0 aliphatic carbocycles. The summed E-state index contributed by atoms with van der Waals surface area (Å²) in [5, 5.41) is 5.50. The molecule has 6 nitrogen and oxygen atoms in total. The number of anilines is 2. The molecule has 0 bridgehead atoms. The van der Waals surface area contributed by atoms with E-state index in [1.807, 2.05) is 6.92 Å². The first kappa shape index (κ1) is 18.5. The highest BCUT2D eigenvalue weighted by Crippen LogP contribution is 2.22. The van der Waals surface area contributed by atoms with Crippen LogP contribution in [0.25, 0.3) is 0 Å². The largest absolute Gasteiger partial charge is 0.496 e. The first-order valence-electron chi connectivity index (χ1n) is 7.97. The number of amides is 2. The van der Waals surface area contributed by atoms with Crippen molar-refractivity contribution in [2.75, 3.05) is 24.4 Å². The molecule has 2 N–H and O–H groups in total. The van der Waals surface area contributed by atoms with Gasteiger partial charge >= 0.3 is 0 Å². The van der Waals surface area contributed by atoms with Gasteiger partial charge in [-0.3, -0.25) is 9.59 Å². The summed E-state index contributed by atoms with van der Waals surface area (Å²) in [4.78, 5) is 23.5. The Kier molecular flexibility index (Phi) is 6.54. The van der Waals surface area contributed by atoms with Crippen molar-refractivity contribution in [1.29, 1.82) is 0 Å². The number of nitrogens with one attached hydrogen (secondary N) is 2. The molecule has 0 aliphatic rings. The van der Waals surface area contributed by atoms with E-state index in [1.54, 1.807) is 49.6 Å². The number of rotatable bonds is 7. The van der Waals surface area contributed by atoms with Crippen LogP contribution in [0, 0.1) is 0 Å². The Morgan fingerprint density at radius 3 is 2.20 bits per heavy atom. The summed E-state index contributed by atoms with van der Waals surface area (Å²) in [5.41, 5.74) is 2.65. The minimum atomic E-state index is -0.229. The van der Waals surface area contributed by atoms with Crippen LogP contribution in [0.15, 0.2) is 42.5 Å². The lowest BCUT2D eigenvalue weighted by Crippen LogP contribution is -2.13. The van der Waals surface area contributed by atoms with Gasteiger partial charge in [-0.25, -0.2) is 0 Å². The molecular weight excluding hydrogens is 320 g/mol. The molecule has 6 heteroatoms. The third kappa shape index (κ3) is 5.32. The molecule has 0 heterocycles. The predicted octanol–water partition coefficient (Wildman–Crippen LogP) is 3.44. The quantitative estimate of drug-likeness (QED) is 0.808. The predicted molar refractivity (Wildman–Crippen MR) is 97.0 cm³/mol. The van der Waals surface area contributed by atoms with Crippen LogP contribution < -0.4 is 15.4 Å². The fourth-order valence-electron chi connectivity index (χ4n) is 2.29. The summed E-state index contributed by atoms with van der Waals surface area (Å²) < 4.78 is 10.7. The lowest BCUT2D eigenvalue weighted by Gasteiger charge is -2.11. The van der Waals surface area contributed by atoms with Crippen LogP contribution in [0.3, 0.4) is 0 Å². The minimum absolute atomic E-state index is 0.142. The molecule has 2 aromatic rings. The van der Waals surface area contributed by atoms with Gasteiger partial charge < -0.3 is 20.1 Å². The highest BCUT2D eigenvalue weighted by molar-refractivity contribution is 6.04. The van der Waals surface area contributed by atoms with Crippen molar-refractivity contribution >= 4 is 23.2 Å². The third-order valence-electron chi connectivity index (χ3n) is 3.47. The summed E-state index contributed by atoms with van der Waals surface area (Å²) in [5.74, 6) is 0.314. The molecule has 0 unspecified atom stereocenters. The molecule has 2 aromatic carbocycles. The summed E-state index contributed by atoms with van der Waals surface area (Å²) in [6.45, 7) is 4.32. The van der Waals surface area contributed by atoms with Gasteiger partial charge in [0.15, 0.2) is 0 Å². The van der Waals surface area contributed by atoms with Crippen molar-refractivity contribution in [3.8, 4) is 5.75 Å². The maximum absolute atomic E-state index is 12.4. The van der Waals surface area contributed by atoms with Gasteiger partial charge in [0.2, 0.25) is 5.91 Å². The van der Waals surface area contributed by atoms with E-state index in [0.717, 1.165) is 5.56 Å². The maximum Gasteiger partial charge on any atom is 0.255 e. The topological polar surface area (TPSA) is 76.7 Å². The number of methoxy groups -OCH3 is 1. The van der Waals surface area contributed by atoms with Crippen molar-refractivity contribution < 1.29 is 19.1 Å². The second-order valence-corrected chi connectivity index (χ2v) is 5.38. The number of carbonyl (C=O) groups is 2. The van der Waals surface area contributed by atoms with Crippen molar-refractivity contribution in [2.24, 2.45) is 0 Å². The number of benzene rings is 2. The zero-order valence-electron chi connectivity index (χ0n) is 14.6. The molecule has 0 saturated heterocycles. The molecule has 2 rings (SSSR count). The molecule has 0 aliphatic heterocycles. The Morgan fingerprint density at radius 2 is 1.64 bits per heavy atom. The van der Waals surface area contributed by atoms with Crippen molar-refractivity contribution in [1.82, 2.24) is 0 Å². The number of carbonyl (C=O) groups excluding carboxylic acids is 2. The molecule has 0 atom stereocenters. The van der Waals surface area contributed by atoms with E-state index in [9.17, 15) is 9.59 Å². The fraction of sp³-hybridized carbons (Fsp3) is 0.263. The first-order chi connectivity index (χ1) is 12.0. The van der Waals surface area contributed by atoms with Gasteiger partial charge in [-0.1, -0.05) is 0 Å². The van der Waals surface area contributed by atoms with Gasteiger partial charge in [0.1, 0.15) is 5.75 Å². The van der Waals surface area contributed by atoms with E-state index in [1.165, 1.54) is 6.92 Å². The Bertz CT molecular complexity index is 742. The Balaban J connectivity index is 2.10. The summed E-state index contributed by atoms with van der Waals surface area (Å²) in [7, 11) is 1.58. The van der Waals surface area contributed by atoms with Crippen LogP contribution in [0.1, 0.15) is 29.8 Å². The SMILES string of the molecule is CCOCc1cc(C(=O)Nc2ccc(NC(C)=O)cc2)ccc1OC. The van der Waals surface area contributed by atoms with E-state index in [4.69, 9.17) is 9.47 Å². The third-order valence-corrected chi connectivity index (χ3v) is 3.47. The Labute approximate surface area is 147 Å². The smallest absolute Gasteiger partial charge is 0.255 e. The zero-order chi connectivity index (χ0) is 18.2. The molecule has 25 heavy (non-hydrogen) atoms. The summed E-state index contributed by atoms with van der Waals surface area (Å²) in [6, 6.07) is 12.1. The Hall–Kier alpha value is -2.86. The van der Waals surface area contributed by atoms with Gasteiger partial charge in [-0.05, 0) is 49.4 Å². The highest BCUT2D eigenvalue weighted by atomic mass is 16.5. The van der Waals surface area contributed by atoms with Crippen LogP contribution in [-0.2, 0) is 16.1 Å². The van der Waals surface area contributed by atoms with Crippen LogP contribution in [0.2, 0.25) is 0 Å². The average molecular weight is 342 g/mol. The van der Waals surface area contributed by atoms with E-state index in [-0.39, 0.29) is 11.8 Å². The molecule has 132 valence electrons. The van der Waals surface area contributed by atoms with Gasteiger partial charge in [-0.15, -0.1) is 0 Å². The fourth-order valence-corrected chi connectivity index (χ4v) is 2.29. The number of ether oxygens (including phenoxy) is 2. The van der Waals surface area contributed by atoms with Gasteiger partial charge in [-0.2, -0.15) is 0 Å². The van der Waals surface area contributed by atoms with Crippen LogP contribution >= 0.6 is 0 Å². The van der Waals surface area contributed by atoms with Crippen molar-refractivity contribution in [3.63, 3.8) is 0 Å². The van der Waals surface area contributed by atoms with E-state index in [0.29, 0.717) is 35.9 Å². The molecule has 0 radical (unpaired) electrons. The van der Waals surface area contributed by atoms with Gasteiger partial charge in [0, 0.05) is 36.0 Å². The highest BCUT2D eigenvalue weighted by Gasteiger charge is 2.11. The van der Waals surface area contributed by atoms with Crippen LogP contribution in [0.5, 0.6) is 5.75 Å². The first-order valence-corrected chi connectivity index (χ1v) is 7.97. The van der Waals surface area contributed by atoms with E-state index in [2.05, 4.69) is 10.6 Å². The Morgan fingerprint density at radius 1 is 1.00 bits per heavy atom. The van der Waals surface area contributed by atoms with E-state index >= 15 is 0 Å². The van der Waals surface area contributed by atoms with Crippen LogP contribution in [-0.4, -0.2) is 25.5 Å². The second kappa shape index (κ2) is 8.84.